The standard InChI is InChI=1S/C33H46N2O7/c1-8-10-13-21(3)16-22(4)26(18-29(36)42-33(5,6)7)31(37)35-20-23(17-27(35)32(38)39)41-30-25-15-12-11-14-24(25)28(19-34-30)40-9-2/h8,11-12,14-15,19,21-23,26-27H,1,9-10,13,16-18,20H2,2-7H3,(H,38,39)/t21?,22-,23-,26+,27+/m1/s1. The average molecular weight is 583 g/mol. The Labute approximate surface area is 249 Å². The number of pyridine rings is 1. The van der Waals surface area contributed by atoms with Gasteiger partial charge in [-0.05, 0) is 64.9 Å². The highest BCUT2D eigenvalue weighted by Gasteiger charge is 2.45. The molecule has 1 fully saturated rings. The van der Waals surface area contributed by atoms with Crippen molar-refractivity contribution in [2.75, 3.05) is 13.2 Å². The molecular formula is C33H46N2O7. The summed E-state index contributed by atoms with van der Waals surface area (Å²) in [6.07, 6.45) is 5.35. The molecule has 0 spiro atoms. The number of amides is 1. The van der Waals surface area contributed by atoms with Crippen molar-refractivity contribution in [3.8, 4) is 11.6 Å². The molecule has 9 heteroatoms. The van der Waals surface area contributed by atoms with Crippen molar-refractivity contribution in [3.05, 3.63) is 43.1 Å². The SMILES string of the molecule is C=CCCC(C)C[C@@H](C)[C@H](CC(=O)OC(C)(C)C)C(=O)N1C[C@H](Oc2ncc(OCC)c3ccccc23)C[C@H]1C(=O)O. The van der Waals surface area contributed by atoms with Crippen LogP contribution in [-0.4, -0.2) is 63.7 Å². The first-order valence-corrected chi connectivity index (χ1v) is 14.9. The highest BCUT2D eigenvalue weighted by atomic mass is 16.6. The summed E-state index contributed by atoms with van der Waals surface area (Å²) >= 11 is 0. The number of carbonyl (C=O) groups is 3. The van der Waals surface area contributed by atoms with Crippen LogP contribution in [0, 0.1) is 17.8 Å². The molecule has 1 aliphatic rings. The van der Waals surface area contributed by atoms with Crippen molar-refractivity contribution >= 4 is 28.6 Å². The Morgan fingerprint density at radius 2 is 1.88 bits per heavy atom. The number of benzene rings is 1. The first kappa shape index (κ1) is 32.9. The number of carboxylic acids is 1. The van der Waals surface area contributed by atoms with E-state index in [0.29, 0.717) is 30.6 Å². The zero-order valence-corrected chi connectivity index (χ0v) is 25.8. The second kappa shape index (κ2) is 14.5. The van der Waals surface area contributed by atoms with E-state index in [9.17, 15) is 19.5 Å². The van der Waals surface area contributed by atoms with Crippen molar-refractivity contribution in [2.45, 2.75) is 91.4 Å². The minimum Gasteiger partial charge on any atom is -0.492 e. The predicted molar refractivity (Wildman–Crippen MR) is 161 cm³/mol. The number of allylic oxidation sites excluding steroid dienone is 1. The van der Waals surface area contributed by atoms with Crippen LogP contribution in [-0.2, 0) is 19.1 Å². The molecule has 230 valence electrons. The smallest absolute Gasteiger partial charge is 0.326 e. The normalized spacial score (nSPS) is 19.1. The quantitative estimate of drug-likeness (QED) is 0.212. The van der Waals surface area contributed by atoms with Gasteiger partial charge in [0.15, 0.2) is 0 Å². The van der Waals surface area contributed by atoms with Gasteiger partial charge in [0.2, 0.25) is 11.8 Å². The molecule has 0 aliphatic carbocycles. The third kappa shape index (κ3) is 8.69. The summed E-state index contributed by atoms with van der Waals surface area (Å²) in [5.74, 6) is -1.56. The largest absolute Gasteiger partial charge is 0.492 e. The van der Waals surface area contributed by atoms with Gasteiger partial charge in [0.1, 0.15) is 23.5 Å². The Hall–Kier alpha value is -3.62. The second-order valence-electron chi connectivity index (χ2n) is 12.3. The van der Waals surface area contributed by atoms with Gasteiger partial charge in [-0.2, -0.15) is 0 Å². The lowest BCUT2D eigenvalue weighted by molar-refractivity contribution is -0.160. The molecule has 1 saturated heterocycles. The number of aliphatic carboxylic acids is 1. The molecule has 1 aromatic heterocycles. The number of carboxylic acid groups (broad SMARTS) is 1. The van der Waals surface area contributed by atoms with Crippen molar-refractivity contribution < 1.29 is 33.7 Å². The molecular weight excluding hydrogens is 536 g/mol. The Morgan fingerprint density at radius 3 is 2.50 bits per heavy atom. The molecule has 2 heterocycles. The first-order valence-electron chi connectivity index (χ1n) is 14.9. The summed E-state index contributed by atoms with van der Waals surface area (Å²) in [6, 6.07) is 6.48. The number of likely N-dealkylation sites (tertiary alicyclic amines) is 1. The summed E-state index contributed by atoms with van der Waals surface area (Å²) in [7, 11) is 0. The van der Waals surface area contributed by atoms with Gasteiger partial charge in [-0.15, -0.1) is 6.58 Å². The number of nitrogens with zero attached hydrogens (tertiary/aromatic N) is 2. The number of hydrogen-bond acceptors (Lipinski definition) is 7. The van der Waals surface area contributed by atoms with E-state index in [-0.39, 0.29) is 31.2 Å². The molecule has 1 aromatic carbocycles. The van der Waals surface area contributed by atoms with Gasteiger partial charge in [-0.3, -0.25) is 9.59 Å². The van der Waals surface area contributed by atoms with E-state index in [2.05, 4.69) is 18.5 Å². The van der Waals surface area contributed by atoms with Crippen LogP contribution in [0.5, 0.6) is 11.6 Å². The minimum absolute atomic E-state index is 0.0720. The zero-order valence-electron chi connectivity index (χ0n) is 25.8. The maximum absolute atomic E-state index is 14.1. The Balaban J connectivity index is 1.85. The maximum Gasteiger partial charge on any atom is 0.326 e. The minimum atomic E-state index is -1.11. The average Bonchev–Trinajstić information content (AvgIpc) is 3.35. The van der Waals surface area contributed by atoms with Crippen LogP contribution in [0.3, 0.4) is 0 Å². The van der Waals surface area contributed by atoms with Crippen LogP contribution >= 0.6 is 0 Å². The molecule has 0 radical (unpaired) electrons. The summed E-state index contributed by atoms with van der Waals surface area (Å²) in [5, 5.41) is 11.7. The van der Waals surface area contributed by atoms with Gasteiger partial charge in [0.25, 0.3) is 0 Å². The number of aromatic nitrogens is 1. The highest BCUT2D eigenvalue weighted by molar-refractivity contribution is 5.92. The Kier molecular flexibility index (Phi) is 11.4. The van der Waals surface area contributed by atoms with E-state index in [1.54, 1.807) is 27.0 Å². The first-order chi connectivity index (χ1) is 19.8. The fraction of sp³-hybridized carbons (Fsp3) is 0.576. The molecule has 3 rings (SSSR count). The molecule has 1 amide bonds. The number of ether oxygens (including phenoxy) is 3. The molecule has 1 aliphatic heterocycles. The van der Waals surface area contributed by atoms with Crippen molar-refractivity contribution in [2.24, 2.45) is 17.8 Å². The monoisotopic (exact) mass is 582 g/mol. The van der Waals surface area contributed by atoms with Gasteiger partial charge in [-0.25, -0.2) is 9.78 Å². The van der Waals surface area contributed by atoms with Gasteiger partial charge >= 0.3 is 11.9 Å². The maximum atomic E-state index is 14.1. The third-order valence-electron chi connectivity index (χ3n) is 7.58. The number of hydrogen-bond donors (Lipinski definition) is 1. The van der Waals surface area contributed by atoms with E-state index in [0.717, 1.165) is 23.6 Å². The van der Waals surface area contributed by atoms with E-state index in [1.807, 2.05) is 44.2 Å². The topological polar surface area (TPSA) is 115 Å². The molecule has 5 atom stereocenters. The van der Waals surface area contributed by atoms with E-state index in [1.165, 1.54) is 4.90 Å². The lowest BCUT2D eigenvalue weighted by Crippen LogP contribution is -2.46. The Bertz CT molecular complexity index is 1250. The zero-order chi connectivity index (χ0) is 31.0. The lowest BCUT2D eigenvalue weighted by atomic mass is 9.82. The van der Waals surface area contributed by atoms with Crippen LogP contribution in [0.1, 0.15) is 73.6 Å². The number of esters is 1. The lowest BCUT2D eigenvalue weighted by Gasteiger charge is -2.31. The van der Waals surface area contributed by atoms with Crippen molar-refractivity contribution in [1.29, 1.82) is 0 Å². The molecule has 1 N–H and O–H groups in total. The number of fused-ring (bicyclic) bond motifs is 1. The van der Waals surface area contributed by atoms with Crippen LogP contribution < -0.4 is 9.47 Å². The van der Waals surface area contributed by atoms with Crippen LogP contribution in [0.4, 0.5) is 0 Å². The number of carbonyl (C=O) groups excluding carboxylic acids is 2. The van der Waals surface area contributed by atoms with Crippen LogP contribution in [0.25, 0.3) is 10.8 Å². The molecule has 0 bridgehead atoms. The van der Waals surface area contributed by atoms with Crippen molar-refractivity contribution in [3.63, 3.8) is 0 Å². The number of rotatable bonds is 14. The van der Waals surface area contributed by atoms with Gasteiger partial charge in [-0.1, -0.05) is 38.1 Å². The highest BCUT2D eigenvalue weighted by Crippen LogP contribution is 2.35. The summed E-state index contributed by atoms with van der Waals surface area (Å²) in [5.41, 5.74) is -0.700. The predicted octanol–water partition coefficient (Wildman–Crippen LogP) is 6.04. The fourth-order valence-corrected chi connectivity index (χ4v) is 5.65. The summed E-state index contributed by atoms with van der Waals surface area (Å²) in [6.45, 7) is 15.7. The van der Waals surface area contributed by atoms with E-state index < -0.39 is 35.6 Å². The molecule has 9 nitrogen and oxygen atoms in total. The molecule has 42 heavy (non-hydrogen) atoms. The molecule has 1 unspecified atom stereocenters. The van der Waals surface area contributed by atoms with Gasteiger partial charge in [0.05, 0.1) is 31.7 Å². The third-order valence-corrected chi connectivity index (χ3v) is 7.58. The Morgan fingerprint density at radius 1 is 1.19 bits per heavy atom. The van der Waals surface area contributed by atoms with E-state index >= 15 is 0 Å². The molecule has 0 saturated carbocycles. The summed E-state index contributed by atoms with van der Waals surface area (Å²) in [4.78, 5) is 45.2. The van der Waals surface area contributed by atoms with Gasteiger partial charge in [0, 0.05) is 17.2 Å². The summed E-state index contributed by atoms with van der Waals surface area (Å²) < 4.78 is 17.5. The van der Waals surface area contributed by atoms with Crippen molar-refractivity contribution in [1.82, 2.24) is 9.88 Å². The van der Waals surface area contributed by atoms with E-state index in [4.69, 9.17) is 14.2 Å². The second-order valence-corrected chi connectivity index (χ2v) is 12.3. The van der Waals surface area contributed by atoms with Crippen LogP contribution in [0.2, 0.25) is 0 Å². The van der Waals surface area contributed by atoms with Gasteiger partial charge < -0.3 is 24.2 Å². The molecule has 2 aromatic rings. The van der Waals surface area contributed by atoms with Crippen LogP contribution in [0.15, 0.2) is 43.1 Å². The fourth-order valence-electron chi connectivity index (χ4n) is 5.65.